The molecule has 2 aliphatic heterocycles. The topological polar surface area (TPSA) is 41.9 Å². The number of hydrogen-bond acceptors (Lipinski definition) is 4. The number of fused-ring (bicyclic) bond motifs is 2. The molecule has 2 bridgehead atoms. The van der Waals surface area contributed by atoms with Crippen LogP contribution in [0.4, 0.5) is 0 Å². The second kappa shape index (κ2) is 2.71. The van der Waals surface area contributed by atoms with Crippen LogP contribution in [0.2, 0.25) is 0 Å². The molecule has 0 saturated carbocycles. The number of aliphatic hydroxyl groups is 1. The fraction of sp³-hybridized carbons (Fsp3) is 1.00. The number of hydrogen-bond donors (Lipinski definition) is 1. The predicted molar refractivity (Wildman–Crippen MR) is 38.1 cm³/mol. The van der Waals surface area contributed by atoms with Gasteiger partial charge in [-0.2, -0.15) is 0 Å². The summed E-state index contributed by atoms with van der Waals surface area (Å²) in [4.78, 5) is 2.16. The molecule has 0 spiro atoms. The third-order valence-electron chi connectivity index (χ3n) is 2.20. The Hall–Kier alpha value is -0.160. The average Bonchev–Trinajstić information content (AvgIpc) is 2.25. The van der Waals surface area contributed by atoms with Crippen molar-refractivity contribution < 1.29 is 14.6 Å². The van der Waals surface area contributed by atoms with Crippen LogP contribution in [0.25, 0.3) is 0 Å². The Morgan fingerprint density at radius 2 is 2.27 bits per heavy atom. The summed E-state index contributed by atoms with van der Waals surface area (Å²) in [6.07, 6.45) is -0.149. The maximum absolute atomic E-state index is 8.88. The summed E-state index contributed by atoms with van der Waals surface area (Å²) in [6.45, 7) is 1.74. The highest BCUT2D eigenvalue weighted by Crippen LogP contribution is 2.24. The molecule has 64 valence electrons. The third-order valence-corrected chi connectivity index (χ3v) is 2.20. The minimum absolute atomic E-state index is 0.0645. The van der Waals surface area contributed by atoms with E-state index < -0.39 is 0 Å². The van der Waals surface area contributed by atoms with Crippen LogP contribution in [-0.4, -0.2) is 55.2 Å². The molecule has 2 fully saturated rings. The smallest absolute Gasteiger partial charge is 0.171 e. The number of aliphatic hydroxyl groups excluding tert-OH is 1. The summed E-state index contributed by atoms with van der Waals surface area (Å²) in [5, 5.41) is 8.88. The molecule has 4 nitrogen and oxygen atoms in total. The minimum atomic E-state index is -0.115. The van der Waals surface area contributed by atoms with Gasteiger partial charge in [-0.1, -0.05) is 0 Å². The van der Waals surface area contributed by atoms with E-state index in [0.29, 0.717) is 0 Å². The average molecular weight is 159 g/mol. The van der Waals surface area contributed by atoms with E-state index in [2.05, 4.69) is 4.90 Å². The van der Waals surface area contributed by atoms with Crippen molar-refractivity contribution in [1.82, 2.24) is 4.90 Å². The van der Waals surface area contributed by atoms with Gasteiger partial charge in [-0.25, -0.2) is 0 Å². The van der Waals surface area contributed by atoms with E-state index in [0.717, 1.165) is 13.1 Å². The number of ether oxygens (including phenoxy) is 2. The first-order valence-electron chi connectivity index (χ1n) is 3.90. The number of morpholine rings is 1. The van der Waals surface area contributed by atoms with Crippen LogP contribution < -0.4 is 0 Å². The van der Waals surface area contributed by atoms with E-state index >= 15 is 0 Å². The van der Waals surface area contributed by atoms with Crippen molar-refractivity contribution >= 4 is 0 Å². The molecule has 11 heavy (non-hydrogen) atoms. The summed E-state index contributed by atoms with van der Waals surface area (Å²) in [7, 11) is 2.03. The van der Waals surface area contributed by atoms with Crippen LogP contribution in [0.1, 0.15) is 0 Å². The van der Waals surface area contributed by atoms with Gasteiger partial charge in [-0.15, -0.1) is 0 Å². The van der Waals surface area contributed by atoms with Gasteiger partial charge in [0.1, 0.15) is 12.2 Å². The molecule has 0 aromatic rings. The van der Waals surface area contributed by atoms with Crippen molar-refractivity contribution in [2.75, 3.05) is 26.7 Å². The quantitative estimate of drug-likeness (QED) is 0.535. The van der Waals surface area contributed by atoms with Crippen molar-refractivity contribution in [3.63, 3.8) is 0 Å². The van der Waals surface area contributed by atoms with Crippen LogP contribution >= 0.6 is 0 Å². The zero-order chi connectivity index (χ0) is 7.84. The van der Waals surface area contributed by atoms with E-state index in [-0.39, 0.29) is 25.1 Å². The fourth-order valence-electron chi connectivity index (χ4n) is 1.64. The summed E-state index contributed by atoms with van der Waals surface area (Å²) in [5.74, 6) is 0. The molecule has 0 radical (unpaired) electrons. The molecule has 4 heteroatoms. The van der Waals surface area contributed by atoms with E-state index in [1.54, 1.807) is 0 Å². The van der Waals surface area contributed by atoms with E-state index in [1.165, 1.54) is 0 Å². The Labute approximate surface area is 65.7 Å². The normalized spacial score (nSPS) is 44.7. The highest BCUT2D eigenvalue weighted by Gasteiger charge is 2.40. The Kier molecular flexibility index (Phi) is 1.85. The van der Waals surface area contributed by atoms with Crippen molar-refractivity contribution in [3.05, 3.63) is 0 Å². The minimum Gasteiger partial charge on any atom is -0.394 e. The summed E-state index contributed by atoms with van der Waals surface area (Å²) in [5.41, 5.74) is 0. The lowest BCUT2D eigenvalue weighted by Crippen LogP contribution is -2.42. The zero-order valence-electron chi connectivity index (χ0n) is 6.56. The molecule has 0 amide bonds. The SMILES string of the molecule is CN1C[C@H]2O[C@@H](C1)[C@@H](CO)O2. The maximum Gasteiger partial charge on any atom is 0.171 e. The first kappa shape index (κ1) is 7.49. The van der Waals surface area contributed by atoms with Gasteiger partial charge in [-0.05, 0) is 7.05 Å². The van der Waals surface area contributed by atoms with Crippen molar-refractivity contribution in [2.24, 2.45) is 0 Å². The molecule has 0 aromatic heterocycles. The molecule has 0 aromatic carbocycles. The van der Waals surface area contributed by atoms with Gasteiger partial charge < -0.3 is 14.6 Å². The molecule has 0 unspecified atom stereocenters. The number of rotatable bonds is 1. The molecule has 2 heterocycles. The third kappa shape index (κ3) is 1.27. The molecule has 3 atom stereocenters. The van der Waals surface area contributed by atoms with Gasteiger partial charge in [0, 0.05) is 13.1 Å². The van der Waals surface area contributed by atoms with Crippen LogP contribution in [-0.2, 0) is 9.47 Å². The summed E-state index contributed by atoms with van der Waals surface area (Å²) >= 11 is 0. The molecule has 2 saturated heterocycles. The van der Waals surface area contributed by atoms with E-state index in [9.17, 15) is 0 Å². The van der Waals surface area contributed by atoms with Gasteiger partial charge in [0.25, 0.3) is 0 Å². The molecule has 0 aliphatic carbocycles. The Morgan fingerprint density at radius 1 is 1.45 bits per heavy atom. The second-order valence-corrected chi connectivity index (χ2v) is 3.18. The first-order valence-corrected chi connectivity index (χ1v) is 3.90. The highest BCUT2D eigenvalue weighted by molar-refractivity contribution is 4.84. The molecule has 1 N–H and O–H groups in total. The largest absolute Gasteiger partial charge is 0.394 e. The summed E-state index contributed by atoms with van der Waals surface area (Å²) < 4.78 is 10.8. The molecule has 2 rings (SSSR count). The standard InChI is InChI=1S/C7H13NO3/c1-8-2-5-6(4-9)11-7(3-8)10-5/h5-7,9H,2-4H2,1H3/t5-,6+,7-/m0/s1. The molecular weight excluding hydrogens is 146 g/mol. The Bertz CT molecular complexity index is 153. The molecule has 2 aliphatic rings. The van der Waals surface area contributed by atoms with E-state index in [4.69, 9.17) is 14.6 Å². The fourth-order valence-corrected chi connectivity index (χ4v) is 1.64. The Morgan fingerprint density at radius 3 is 3.00 bits per heavy atom. The van der Waals surface area contributed by atoms with Crippen molar-refractivity contribution in [2.45, 2.75) is 18.5 Å². The predicted octanol–water partition coefficient (Wildman–Crippen LogP) is -0.966. The maximum atomic E-state index is 8.88. The first-order chi connectivity index (χ1) is 5.29. The van der Waals surface area contributed by atoms with E-state index in [1.807, 2.05) is 7.05 Å². The lowest BCUT2D eigenvalue weighted by Gasteiger charge is -2.26. The lowest BCUT2D eigenvalue weighted by molar-refractivity contribution is -0.106. The monoisotopic (exact) mass is 159 g/mol. The number of likely N-dealkylation sites (N-methyl/N-ethyl adjacent to an activating group) is 1. The highest BCUT2D eigenvalue weighted by atomic mass is 16.7. The zero-order valence-corrected chi connectivity index (χ0v) is 6.56. The van der Waals surface area contributed by atoms with Gasteiger partial charge >= 0.3 is 0 Å². The Balaban J connectivity index is 2.02. The van der Waals surface area contributed by atoms with Crippen LogP contribution in [0.5, 0.6) is 0 Å². The van der Waals surface area contributed by atoms with Crippen LogP contribution in [0, 0.1) is 0 Å². The summed E-state index contributed by atoms with van der Waals surface area (Å²) in [6, 6.07) is 0. The van der Waals surface area contributed by atoms with Gasteiger partial charge in [0.15, 0.2) is 6.29 Å². The van der Waals surface area contributed by atoms with Gasteiger partial charge in [0.2, 0.25) is 0 Å². The van der Waals surface area contributed by atoms with Crippen molar-refractivity contribution in [3.8, 4) is 0 Å². The van der Waals surface area contributed by atoms with Crippen LogP contribution in [0.15, 0.2) is 0 Å². The lowest BCUT2D eigenvalue weighted by atomic mass is 10.2. The van der Waals surface area contributed by atoms with Crippen LogP contribution in [0.3, 0.4) is 0 Å². The van der Waals surface area contributed by atoms with Crippen molar-refractivity contribution in [1.29, 1.82) is 0 Å². The number of nitrogens with zero attached hydrogens (tertiary/aromatic N) is 1. The second-order valence-electron chi connectivity index (χ2n) is 3.18. The molecular formula is C7H13NO3. The van der Waals surface area contributed by atoms with Gasteiger partial charge in [0.05, 0.1) is 6.61 Å². The van der Waals surface area contributed by atoms with Gasteiger partial charge in [-0.3, -0.25) is 4.90 Å².